The average Bonchev–Trinajstić information content (AvgIpc) is 2.47. The van der Waals surface area contributed by atoms with Gasteiger partial charge in [-0.1, -0.05) is 12.1 Å². The zero-order valence-electron chi connectivity index (χ0n) is 7.11. The van der Waals surface area contributed by atoms with E-state index in [9.17, 15) is 5.11 Å². The number of fused-ring (bicyclic) bond motifs is 1. The van der Waals surface area contributed by atoms with Gasteiger partial charge in [0.25, 0.3) is 0 Å². The number of aliphatic hydroxyl groups excluding tert-OH is 1. The minimum absolute atomic E-state index is 0. The van der Waals surface area contributed by atoms with Gasteiger partial charge in [0.1, 0.15) is 0 Å². The summed E-state index contributed by atoms with van der Waals surface area (Å²) >= 11 is 0. The Labute approximate surface area is 90.4 Å². The molecule has 0 aliphatic heterocycles. The maximum absolute atomic E-state index is 9.29. The van der Waals surface area contributed by atoms with E-state index in [0.29, 0.717) is 5.76 Å². The van der Waals surface area contributed by atoms with E-state index in [4.69, 9.17) is 0 Å². The molecule has 69 valence electrons. The van der Waals surface area contributed by atoms with Crippen LogP contribution >= 0.6 is 0 Å². The van der Waals surface area contributed by atoms with E-state index in [1.54, 1.807) is 13.1 Å². The number of aromatic nitrogens is 1. The predicted octanol–water partition coefficient (Wildman–Crippen LogP) is 2.39. The van der Waals surface area contributed by atoms with Gasteiger partial charge in [-0.15, -0.1) is 0 Å². The number of rotatable bonds is 0. The average molecular weight is 351 g/mol. The van der Waals surface area contributed by atoms with Crippen molar-refractivity contribution in [2.75, 3.05) is 0 Å². The fourth-order valence-electron chi connectivity index (χ4n) is 1.32. The summed E-state index contributed by atoms with van der Waals surface area (Å²) in [6.45, 7) is 1.67. The van der Waals surface area contributed by atoms with E-state index in [1.165, 1.54) is 0 Å². The van der Waals surface area contributed by atoms with E-state index in [2.05, 4.69) is 4.98 Å². The Hall–Kier alpha value is -0.921. The molecule has 0 aromatic carbocycles. The first kappa shape index (κ1) is 10.2. The van der Waals surface area contributed by atoms with Crippen molar-refractivity contribution in [2.24, 2.45) is 0 Å². The number of allylic oxidation sites excluding steroid dienone is 3. The molecule has 3 heteroatoms. The molecule has 0 unspecified atom stereocenters. The summed E-state index contributed by atoms with van der Waals surface area (Å²) in [5.41, 5.74) is 2.77. The van der Waals surface area contributed by atoms with Crippen LogP contribution in [-0.4, -0.2) is 10.1 Å². The van der Waals surface area contributed by atoms with Crippen molar-refractivity contribution in [2.45, 2.75) is 6.92 Å². The van der Waals surface area contributed by atoms with Crippen LogP contribution in [0.15, 0.2) is 30.2 Å². The van der Waals surface area contributed by atoms with E-state index in [1.807, 2.05) is 24.3 Å². The summed E-state index contributed by atoms with van der Waals surface area (Å²) in [7, 11) is 0. The number of nitrogens with zero attached hydrogens (tertiary/aromatic N) is 1. The van der Waals surface area contributed by atoms with Gasteiger partial charge in [-0.3, -0.25) is 4.98 Å². The summed E-state index contributed by atoms with van der Waals surface area (Å²) in [5.74, 6) is 0.323. The van der Waals surface area contributed by atoms with Gasteiger partial charge >= 0.3 is 0 Å². The first-order valence-electron chi connectivity index (χ1n) is 3.82. The van der Waals surface area contributed by atoms with Gasteiger partial charge in [-0.25, -0.2) is 0 Å². The van der Waals surface area contributed by atoms with Crippen LogP contribution in [0.2, 0.25) is 0 Å². The number of hydrogen-bond donors (Lipinski definition) is 1. The first-order valence-corrected chi connectivity index (χ1v) is 3.82. The quantitative estimate of drug-likeness (QED) is 0.728. The summed E-state index contributed by atoms with van der Waals surface area (Å²) in [5, 5.41) is 9.29. The van der Waals surface area contributed by atoms with Crippen molar-refractivity contribution in [3.05, 3.63) is 41.4 Å². The molecule has 0 atom stereocenters. The molecule has 0 fully saturated rings. The van der Waals surface area contributed by atoms with Crippen LogP contribution < -0.4 is 0 Å². The molecule has 1 aliphatic rings. The third-order valence-electron chi connectivity index (χ3n) is 1.91. The zero-order chi connectivity index (χ0) is 8.55. The molecule has 1 N–H and O–H groups in total. The van der Waals surface area contributed by atoms with Crippen molar-refractivity contribution in [3.8, 4) is 0 Å². The number of hydrogen-bond acceptors (Lipinski definition) is 2. The second-order valence-electron chi connectivity index (χ2n) is 2.77. The Bertz CT molecular complexity index is 378. The van der Waals surface area contributed by atoms with Crippen molar-refractivity contribution in [1.82, 2.24) is 4.98 Å². The molecule has 1 radical (unpaired) electrons. The Morgan fingerprint density at radius 2 is 2.15 bits per heavy atom. The van der Waals surface area contributed by atoms with Gasteiger partial charge in [0.05, 0.1) is 11.5 Å². The molecule has 1 aliphatic carbocycles. The Balaban J connectivity index is 0.000000845. The minimum Gasteiger partial charge on any atom is -0.512 e. The van der Waals surface area contributed by atoms with Gasteiger partial charge in [-0.05, 0) is 19.1 Å². The molecular formula is C10H9IrNO. The number of aliphatic hydroxyl groups is 1. The van der Waals surface area contributed by atoms with Crippen LogP contribution in [-0.2, 0) is 20.1 Å². The largest absolute Gasteiger partial charge is 0.512 e. The van der Waals surface area contributed by atoms with Crippen LogP contribution in [0.3, 0.4) is 0 Å². The molecule has 1 heterocycles. The monoisotopic (exact) mass is 352 g/mol. The van der Waals surface area contributed by atoms with Gasteiger partial charge in [-0.2, -0.15) is 0 Å². The molecular weight excluding hydrogens is 342 g/mol. The van der Waals surface area contributed by atoms with Crippen LogP contribution in [0.4, 0.5) is 0 Å². The van der Waals surface area contributed by atoms with Crippen LogP contribution in [0.5, 0.6) is 0 Å². The molecule has 0 amide bonds. The van der Waals surface area contributed by atoms with Crippen LogP contribution in [0, 0.1) is 0 Å². The van der Waals surface area contributed by atoms with Crippen LogP contribution in [0.25, 0.3) is 11.6 Å². The summed E-state index contributed by atoms with van der Waals surface area (Å²) in [6.07, 6.45) is 5.57. The second-order valence-corrected chi connectivity index (χ2v) is 2.77. The minimum atomic E-state index is 0. The molecule has 0 spiro atoms. The van der Waals surface area contributed by atoms with Crippen molar-refractivity contribution in [3.63, 3.8) is 0 Å². The van der Waals surface area contributed by atoms with Crippen LogP contribution in [0.1, 0.15) is 18.2 Å². The van der Waals surface area contributed by atoms with Gasteiger partial charge < -0.3 is 5.11 Å². The molecule has 1 aromatic heterocycles. The van der Waals surface area contributed by atoms with Crippen molar-refractivity contribution < 1.29 is 25.2 Å². The van der Waals surface area contributed by atoms with E-state index >= 15 is 0 Å². The third kappa shape index (κ3) is 1.71. The van der Waals surface area contributed by atoms with E-state index in [-0.39, 0.29) is 20.1 Å². The van der Waals surface area contributed by atoms with Crippen molar-refractivity contribution >= 4 is 11.6 Å². The second kappa shape index (κ2) is 3.86. The fraction of sp³-hybridized carbons (Fsp3) is 0.100. The molecule has 0 saturated heterocycles. The van der Waals surface area contributed by atoms with E-state index < -0.39 is 0 Å². The summed E-state index contributed by atoms with van der Waals surface area (Å²) in [4.78, 5) is 4.18. The Kier molecular flexibility index (Phi) is 3.02. The molecule has 1 aromatic rings. The molecule has 2 nitrogen and oxygen atoms in total. The van der Waals surface area contributed by atoms with Crippen molar-refractivity contribution in [1.29, 1.82) is 0 Å². The normalized spacial score (nSPS) is 16.4. The Morgan fingerprint density at radius 3 is 2.85 bits per heavy atom. The molecule has 2 rings (SSSR count). The SMILES string of the molecule is C/C(O)=C1\C=Cc2cccnc21.[Ir]. The summed E-state index contributed by atoms with van der Waals surface area (Å²) in [6, 6.07) is 3.87. The first-order chi connectivity index (χ1) is 5.79. The standard InChI is InChI=1S/C10H9NO.Ir/c1-7(12)9-5-4-8-3-2-6-11-10(8)9;/h2-6,12H,1H3;/b9-7-;. The predicted molar refractivity (Wildman–Crippen MR) is 48.5 cm³/mol. The smallest absolute Gasteiger partial charge is 0.0985 e. The van der Waals surface area contributed by atoms with E-state index in [0.717, 1.165) is 16.8 Å². The van der Waals surface area contributed by atoms with Gasteiger partial charge in [0, 0.05) is 37.4 Å². The summed E-state index contributed by atoms with van der Waals surface area (Å²) < 4.78 is 0. The molecule has 0 bridgehead atoms. The Morgan fingerprint density at radius 1 is 1.38 bits per heavy atom. The zero-order valence-corrected chi connectivity index (χ0v) is 9.51. The fourth-order valence-corrected chi connectivity index (χ4v) is 1.32. The molecule has 13 heavy (non-hydrogen) atoms. The maximum atomic E-state index is 9.29. The van der Waals surface area contributed by atoms with Gasteiger partial charge in [0.2, 0.25) is 0 Å². The molecule has 0 saturated carbocycles. The van der Waals surface area contributed by atoms with Gasteiger partial charge in [0.15, 0.2) is 0 Å². The topological polar surface area (TPSA) is 33.1 Å². The third-order valence-corrected chi connectivity index (χ3v) is 1.91. The maximum Gasteiger partial charge on any atom is 0.0985 e. The number of pyridine rings is 1.